The van der Waals surface area contributed by atoms with E-state index in [9.17, 15) is 4.39 Å². The van der Waals surface area contributed by atoms with E-state index in [-0.39, 0.29) is 5.82 Å². The Hall–Kier alpha value is -1.15. The van der Waals surface area contributed by atoms with Crippen LogP contribution in [0.3, 0.4) is 0 Å². The molecule has 0 atom stereocenters. The Balaban J connectivity index is 3.07. The van der Waals surface area contributed by atoms with Crippen LogP contribution >= 0.6 is 11.6 Å². The molecule has 0 aliphatic heterocycles. The molecule has 1 rings (SSSR count). The van der Waals surface area contributed by atoms with E-state index in [2.05, 4.69) is 11.6 Å². The van der Waals surface area contributed by atoms with Gasteiger partial charge in [-0.05, 0) is 24.3 Å². The number of aliphatic imine (C=N–C) groups is 1. The summed E-state index contributed by atoms with van der Waals surface area (Å²) in [5.41, 5.74) is 1.35. The number of rotatable bonds is 2. The predicted molar refractivity (Wildman–Crippen MR) is 53.9 cm³/mol. The maximum absolute atomic E-state index is 12.6. The largest absolute Gasteiger partial charge is 0.287 e. The van der Waals surface area contributed by atoms with Crippen LogP contribution in [0.4, 0.5) is 4.39 Å². The van der Waals surface area contributed by atoms with Gasteiger partial charge in [-0.25, -0.2) is 4.39 Å². The first-order valence-corrected chi connectivity index (χ1v) is 4.10. The molecular weight excluding hydrogens is 189 g/mol. The van der Waals surface area contributed by atoms with Gasteiger partial charge < -0.3 is 0 Å². The number of benzene rings is 1. The molecule has 0 amide bonds. The van der Waals surface area contributed by atoms with Gasteiger partial charge in [0.25, 0.3) is 0 Å². The predicted octanol–water partition coefficient (Wildman–Crippen LogP) is 3.00. The molecular formula is C10H9ClFN. The molecule has 0 saturated heterocycles. The van der Waals surface area contributed by atoms with Crippen molar-refractivity contribution in [1.82, 2.24) is 0 Å². The van der Waals surface area contributed by atoms with Crippen LogP contribution in [0.2, 0.25) is 0 Å². The second-order valence-electron chi connectivity index (χ2n) is 2.48. The molecule has 68 valence electrons. The summed E-state index contributed by atoms with van der Waals surface area (Å²) in [4.78, 5) is 3.95. The molecule has 13 heavy (non-hydrogen) atoms. The summed E-state index contributed by atoms with van der Waals surface area (Å²) in [5.74, 6) is -0.278. The molecule has 0 aromatic heterocycles. The second-order valence-corrected chi connectivity index (χ2v) is 2.94. The van der Waals surface area contributed by atoms with E-state index in [0.717, 1.165) is 5.56 Å². The first-order chi connectivity index (χ1) is 6.15. The molecule has 3 heteroatoms. The minimum Gasteiger partial charge on any atom is -0.287 e. The highest BCUT2D eigenvalue weighted by molar-refractivity contribution is 6.45. The zero-order chi connectivity index (χ0) is 9.84. The molecule has 0 unspecified atom stereocenters. The fourth-order valence-electron chi connectivity index (χ4n) is 1.01. The van der Waals surface area contributed by atoms with Crippen molar-refractivity contribution >= 4 is 17.3 Å². The molecule has 0 heterocycles. The number of nitrogens with zero attached hydrogens (tertiary/aromatic N) is 1. The maximum Gasteiger partial charge on any atom is 0.123 e. The highest BCUT2D eigenvalue weighted by Gasteiger charge is 2.04. The molecule has 0 N–H and O–H groups in total. The smallest absolute Gasteiger partial charge is 0.123 e. The van der Waals surface area contributed by atoms with Crippen LogP contribution in [0.25, 0.3) is 0 Å². The van der Waals surface area contributed by atoms with Gasteiger partial charge in [-0.3, -0.25) is 4.99 Å². The van der Waals surface area contributed by atoms with Gasteiger partial charge in [0, 0.05) is 12.6 Å². The Bertz CT molecular complexity index is 340. The molecule has 1 aromatic carbocycles. The second kappa shape index (κ2) is 4.19. The number of allylic oxidation sites excluding steroid dienone is 1. The fraction of sp³-hybridized carbons (Fsp3) is 0.100. The first-order valence-electron chi connectivity index (χ1n) is 3.72. The first kappa shape index (κ1) is 9.93. The van der Waals surface area contributed by atoms with E-state index >= 15 is 0 Å². The van der Waals surface area contributed by atoms with Crippen molar-refractivity contribution in [2.75, 3.05) is 7.05 Å². The van der Waals surface area contributed by atoms with E-state index in [1.54, 1.807) is 19.2 Å². The SMILES string of the molecule is C=C(Cl)/C(=N\C)c1ccc(F)cc1. The van der Waals surface area contributed by atoms with Crippen LogP contribution in [-0.2, 0) is 0 Å². The Morgan fingerprint density at radius 2 is 1.92 bits per heavy atom. The van der Waals surface area contributed by atoms with E-state index in [4.69, 9.17) is 11.6 Å². The third-order valence-electron chi connectivity index (χ3n) is 1.60. The highest BCUT2D eigenvalue weighted by Crippen LogP contribution is 2.11. The third-order valence-corrected chi connectivity index (χ3v) is 1.78. The Morgan fingerprint density at radius 1 is 1.38 bits per heavy atom. The van der Waals surface area contributed by atoms with Gasteiger partial charge in [0.1, 0.15) is 5.82 Å². The lowest BCUT2D eigenvalue weighted by Crippen LogP contribution is -1.99. The van der Waals surface area contributed by atoms with Crippen LogP contribution in [0, 0.1) is 5.82 Å². The van der Waals surface area contributed by atoms with E-state index in [1.807, 2.05) is 0 Å². The number of hydrogen-bond donors (Lipinski definition) is 0. The molecule has 0 spiro atoms. The number of hydrogen-bond acceptors (Lipinski definition) is 1. The van der Waals surface area contributed by atoms with Crippen molar-refractivity contribution in [2.45, 2.75) is 0 Å². The topological polar surface area (TPSA) is 12.4 Å². The van der Waals surface area contributed by atoms with Gasteiger partial charge in [0.15, 0.2) is 0 Å². The van der Waals surface area contributed by atoms with Crippen LogP contribution in [0.15, 0.2) is 40.9 Å². The van der Waals surface area contributed by atoms with Crippen LogP contribution in [0.1, 0.15) is 5.56 Å². The van der Waals surface area contributed by atoms with Crippen molar-refractivity contribution in [2.24, 2.45) is 4.99 Å². The van der Waals surface area contributed by atoms with E-state index in [1.165, 1.54) is 12.1 Å². The summed E-state index contributed by atoms with van der Waals surface area (Å²) < 4.78 is 12.6. The van der Waals surface area contributed by atoms with Crippen LogP contribution < -0.4 is 0 Å². The minimum atomic E-state index is -0.278. The summed E-state index contributed by atoms with van der Waals surface area (Å²) in [7, 11) is 1.62. The van der Waals surface area contributed by atoms with Crippen molar-refractivity contribution in [1.29, 1.82) is 0 Å². The molecule has 0 aliphatic carbocycles. The standard InChI is InChI=1S/C10H9ClFN/c1-7(11)10(13-2)8-3-5-9(12)6-4-8/h3-6H,1H2,2H3/b13-10+. The monoisotopic (exact) mass is 197 g/mol. The molecule has 0 bridgehead atoms. The van der Waals surface area contributed by atoms with Crippen LogP contribution in [-0.4, -0.2) is 12.8 Å². The number of halogens is 2. The quantitative estimate of drug-likeness (QED) is 0.647. The molecule has 1 aromatic rings. The summed E-state index contributed by atoms with van der Waals surface area (Å²) in [6.07, 6.45) is 0. The highest BCUT2D eigenvalue weighted by atomic mass is 35.5. The average Bonchev–Trinajstić information content (AvgIpc) is 2.09. The molecule has 1 nitrogen and oxygen atoms in total. The minimum absolute atomic E-state index is 0.278. The Kier molecular flexibility index (Phi) is 3.20. The lowest BCUT2D eigenvalue weighted by molar-refractivity contribution is 0.628. The summed E-state index contributed by atoms with van der Waals surface area (Å²) >= 11 is 5.70. The summed E-state index contributed by atoms with van der Waals surface area (Å²) in [6.45, 7) is 3.57. The zero-order valence-electron chi connectivity index (χ0n) is 7.22. The molecule has 0 saturated carbocycles. The summed E-state index contributed by atoms with van der Waals surface area (Å²) in [6, 6.07) is 5.96. The van der Waals surface area contributed by atoms with Crippen molar-refractivity contribution in [3.05, 3.63) is 47.3 Å². The van der Waals surface area contributed by atoms with Gasteiger partial charge in [-0.15, -0.1) is 0 Å². The molecule has 0 aliphatic rings. The van der Waals surface area contributed by atoms with Crippen molar-refractivity contribution in [3.63, 3.8) is 0 Å². The average molecular weight is 198 g/mol. The lowest BCUT2D eigenvalue weighted by Gasteiger charge is -2.02. The maximum atomic E-state index is 12.6. The van der Waals surface area contributed by atoms with Crippen LogP contribution in [0.5, 0.6) is 0 Å². The van der Waals surface area contributed by atoms with Gasteiger partial charge >= 0.3 is 0 Å². The molecule has 0 radical (unpaired) electrons. The fourth-order valence-corrected chi connectivity index (χ4v) is 1.21. The van der Waals surface area contributed by atoms with Gasteiger partial charge in [0.05, 0.1) is 10.7 Å². The van der Waals surface area contributed by atoms with Gasteiger partial charge in [0.2, 0.25) is 0 Å². The normalized spacial score (nSPS) is 11.5. The Labute approximate surface area is 81.6 Å². The van der Waals surface area contributed by atoms with Gasteiger partial charge in [-0.2, -0.15) is 0 Å². The third kappa shape index (κ3) is 2.39. The zero-order valence-corrected chi connectivity index (χ0v) is 7.98. The van der Waals surface area contributed by atoms with Gasteiger partial charge in [-0.1, -0.05) is 18.2 Å². The lowest BCUT2D eigenvalue weighted by atomic mass is 10.1. The van der Waals surface area contributed by atoms with Crippen molar-refractivity contribution in [3.8, 4) is 0 Å². The summed E-state index contributed by atoms with van der Waals surface area (Å²) in [5, 5.41) is 0.356. The Morgan fingerprint density at radius 3 is 2.31 bits per heavy atom. The van der Waals surface area contributed by atoms with E-state index in [0.29, 0.717) is 10.7 Å². The molecule has 0 fully saturated rings. The van der Waals surface area contributed by atoms with Crippen molar-refractivity contribution < 1.29 is 4.39 Å². The van der Waals surface area contributed by atoms with E-state index < -0.39 is 0 Å².